The van der Waals surface area contributed by atoms with Gasteiger partial charge in [0.1, 0.15) is 5.75 Å². The van der Waals surface area contributed by atoms with E-state index in [1.165, 1.54) is 0 Å². The van der Waals surface area contributed by atoms with Crippen LogP contribution in [-0.4, -0.2) is 16.7 Å². The van der Waals surface area contributed by atoms with Crippen molar-refractivity contribution in [3.63, 3.8) is 0 Å². The van der Waals surface area contributed by atoms with Crippen LogP contribution in [0.4, 0.5) is 5.95 Å². The highest BCUT2D eigenvalue weighted by molar-refractivity contribution is 6.38. The molecule has 3 rings (SSSR count). The first-order chi connectivity index (χ1) is 9.61. The van der Waals surface area contributed by atoms with E-state index in [1.54, 1.807) is 29.9 Å². The van der Waals surface area contributed by atoms with Crippen molar-refractivity contribution >= 4 is 40.2 Å². The molecule has 2 aromatic carbocycles. The molecule has 0 aliphatic heterocycles. The number of halogens is 2. The van der Waals surface area contributed by atoms with E-state index in [1.807, 2.05) is 18.2 Å². The second kappa shape index (κ2) is 4.89. The third-order valence-electron chi connectivity index (χ3n) is 3.05. The summed E-state index contributed by atoms with van der Waals surface area (Å²) in [5.41, 5.74) is 8.16. The van der Waals surface area contributed by atoms with Gasteiger partial charge in [0.2, 0.25) is 5.95 Å². The average molecular weight is 308 g/mol. The summed E-state index contributed by atoms with van der Waals surface area (Å²) in [6.07, 6.45) is 0. The summed E-state index contributed by atoms with van der Waals surface area (Å²) < 4.78 is 6.96. The smallest absolute Gasteiger partial charge is 0.206 e. The summed E-state index contributed by atoms with van der Waals surface area (Å²) >= 11 is 12.5. The number of hydrogen-bond donors (Lipinski definition) is 1. The van der Waals surface area contributed by atoms with Crippen LogP contribution in [0.25, 0.3) is 16.7 Å². The highest BCUT2D eigenvalue weighted by Crippen LogP contribution is 2.34. The Kier molecular flexibility index (Phi) is 3.20. The minimum Gasteiger partial charge on any atom is -0.497 e. The van der Waals surface area contributed by atoms with Crippen LogP contribution >= 0.6 is 23.2 Å². The van der Waals surface area contributed by atoms with Crippen molar-refractivity contribution in [2.45, 2.75) is 0 Å². The minimum atomic E-state index is 0.322. The summed E-state index contributed by atoms with van der Waals surface area (Å²) in [6, 6.07) is 10.8. The molecule has 102 valence electrons. The average Bonchev–Trinajstić information content (AvgIpc) is 2.74. The van der Waals surface area contributed by atoms with Gasteiger partial charge in [-0.3, -0.25) is 4.57 Å². The standard InChI is InChI=1S/C14H11Cl2N3O/c1-20-8-5-6-11-12(7-8)19(14(17)18-11)13-9(15)3-2-4-10(13)16/h2-7H,1H3,(H2,17,18). The minimum absolute atomic E-state index is 0.322. The normalized spacial score (nSPS) is 10.9. The van der Waals surface area contributed by atoms with E-state index in [-0.39, 0.29) is 0 Å². The number of nitrogens with zero attached hydrogens (tertiary/aromatic N) is 2. The number of ether oxygens (including phenoxy) is 1. The third-order valence-corrected chi connectivity index (χ3v) is 3.66. The molecule has 0 unspecified atom stereocenters. The lowest BCUT2D eigenvalue weighted by atomic mass is 10.2. The highest BCUT2D eigenvalue weighted by Gasteiger charge is 2.16. The van der Waals surface area contributed by atoms with Gasteiger partial charge < -0.3 is 10.5 Å². The van der Waals surface area contributed by atoms with Gasteiger partial charge in [-0.15, -0.1) is 0 Å². The van der Waals surface area contributed by atoms with Gasteiger partial charge in [-0.1, -0.05) is 29.3 Å². The molecule has 0 atom stereocenters. The van der Waals surface area contributed by atoms with Crippen LogP contribution in [0.3, 0.4) is 0 Å². The largest absolute Gasteiger partial charge is 0.497 e. The number of anilines is 1. The van der Waals surface area contributed by atoms with E-state index in [9.17, 15) is 0 Å². The quantitative estimate of drug-likeness (QED) is 0.780. The first-order valence-corrected chi connectivity index (χ1v) is 6.64. The molecular weight excluding hydrogens is 297 g/mol. The van der Waals surface area contributed by atoms with Crippen LogP contribution in [0, 0.1) is 0 Å². The van der Waals surface area contributed by atoms with Crippen molar-refractivity contribution in [1.29, 1.82) is 0 Å². The Morgan fingerprint density at radius 1 is 1.15 bits per heavy atom. The maximum atomic E-state index is 6.25. The van der Waals surface area contributed by atoms with Gasteiger partial charge in [-0.05, 0) is 24.3 Å². The molecule has 0 saturated carbocycles. The molecule has 0 spiro atoms. The summed E-state index contributed by atoms with van der Waals surface area (Å²) in [7, 11) is 1.60. The maximum Gasteiger partial charge on any atom is 0.206 e. The van der Waals surface area contributed by atoms with Crippen LogP contribution < -0.4 is 10.5 Å². The van der Waals surface area contributed by atoms with E-state index in [0.29, 0.717) is 27.4 Å². The Labute approximate surface area is 125 Å². The number of aromatic nitrogens is 2. The third kappa shape index (κ3) is 1.97. The molecule has 6 heteroatoms. The second-order valence-electron chi connectivity index (χ2n) is 4.23. The SMILES string of the molecule is COc1ccc2nc(N)n(-c3c(Cl)cccc3Cl)c2c1. The number of para-hydroxylation sites is 1. The van der Waals surface area contributed by atoms with E-state index >= 15 is 0 Å². The first-order valence-electron chi connectivity index (χ1n) is 5.88. The zero-order chi connectivity index (χ0) is 14.3. The van der Waals surface area contributed by atoms with Crippen molar-refractivity contribution in [3.05, 3.63) is 46.4 Å². The van der Waals surface area contributed by atoms with Crippen LogP contribution in [0.15, 0.2) is 36.4 Å². The Balaban J connectivity index is 2.38. The van der Waals surface area contributed by atoms with Crippen molar-refractivity contribution in [1.82, 2.24) is 9.55 Å². The van der Waals surface area contributed by atoms with E-state index in [0.717, 1.165) is 11.0 Å². The molecule has 2 N–H and O–H groups in total. The number of fused-ring (bicyclic) bond motifs is 1. The molecule has 1 heterocycles. The van der Waals surface area contributed by atoms with E-state index in [4.69, 9.17) is 33.7 Å². The Hall–Kier alpha value is -1.91. The van der Waals surface area contributed by atoms with Gasteiger partial charge in [-0.25, -0.2) is 4.98 Å². The molecule has 0 amide bonds. The zero-order valence-electron chi connectivity index (χ0n) is 10.6. The van der Waals surface area contributed by atoms with Crippen LogP contribution in [-0.2, 0) is 0 Å². The van der Waals surface area contributed by atoms with Gasteiger partial charge in [-0.2, -0.15) is 0 Å². The first kappa shape index (κ1) is 13.1. The fourth-order valence-electron chi connectivity index (χ4n) is 2.14. The lowest BCUT2D eigenvalue weighted by Crippen LogP contribution is -2.02. The molecule has 1 aromatic heterocycles. The fourth-order valence-corrected chi connectivity index (χ4v) is 2.70. The maximum absolute atomic E-state index is 6.25. The number of benzene rings is 2. The Morgan fingerprint density at radius 2 is 1.85 bits per heavy atom. The monoisotopic (exact) mass is 307 g/mol. The lowest BCUT2D eigenvalue weighted by Gasteiger charge is -2.11. The molecule has 20 heavy (non-hydrogen) atoms. The van der Waals surface area contributed by atoms with Gasteiger partial charge in [0.05, 0.1) is 33.9 Å². The molecule has 0 saturated heterocycles. The number of methoxy groups -OCH3 is 1. The number of nitrogens with two attached hydrogens (primary N) is 1. The predicted octanol–water partition coefficient (Wildman–Crippen LogP) is 3.92. The van der Waals surface area contributed by atoms with Gasteiger partial charge in [0.25, 0.3) is 0 Å². The zero-order valence-corrected chi connectivity index (χ0v) is 12.1. The van der Waals surface area contributed by atoms with Crippen LogP contribution in [0.2, 0.25) is 10.0 Å². The van der Waals surface area contributed by atoms with Crippen LogP contribution in [0.5, 0.6) is 5.75 Å². The van der Waals surface area contributed by atoms with E-state index < -0.39 is 0 Å². The van der Waals surface area contributed by atoms with Crippen molar-refractivity contribution < 1.29 is 4.74 Å². The van der Waals surface area contributed by atoms with Crippen molar-refractivity contribution in [2.24, 2.45) is 0 Å². The Morgan fingerprint density at radius 3 is 2.50 bits per heavy atom. The number of rotatable bonds is 2. The summed E-state index contributed by atoms with van der Waals surface area (Å²) in [6.45, 7) is 0. The molecule has 3 aromatic rings. The fraction of sp³-hybridized carbons (Fsp3) is 0.0714. The molecule has 0 bridgehead atoms. The predicted molar refractivity (Wildman–Crippen MR) is 82.1 cm³/mol. The van der Waals surface area contributed by atoms with Gasteiger partial charge >= 0.3 is 0 Å². The molecule has 0 fully saturated rings. The van der Waals surface area contributed by atoms with Gasteiger partial charge in [0, 0.05) is 6.07 Å². The number of nitrogen functional groups attached to an aromatic ring is 1. The summed E-state index contributed by atoms with van der Waals surface area (Å²) in [5, 5.41) is 1.01. The van der Waals surface area contributed by atoms with Crippen LogP contribution in [0.1, 0.15) is 0 Å². The molecular formula is C14H11Cl2N3O. The van der Waals surface area contributed by atoms with Gasteiger partial charge in [0.15, 0.2) is 0 Å². The second-order valence-corrected chi connectivity index (χ2v) is 5.04. The summed E-state index contributed by atoms with van der Waals surface area (Å²) in [5.74, 6) is 1.03. The molecule has 0 radical (unpaired) electrons. The summed E-state index contributed by atoms with van der Waals surface area (Å²) in [4.78, 5) is 4.32. The van der Waals surface area contributed by atoms with E-state index in [2.05, 4.69) is 4.98 Å². The van der Waals surface area contributed by atoms with Crippen molar-refractivity contribution in [3.8, 4) is 11.4 Å². The Bertz CT molecular complexity index is 778. The topological polar surface area (TPSA) is 53.1 Å². The lowest BCUT2D eigenvalue weighted by molar-refractivity contribution is 0.415. The molecule has 0 aliphatic rings. The molecule has 4 nitrogen and oxygen atoms in total. The van der Waals surface area contributed by atoms with Crippen molar-refractivity contribution in [2.75, 3.05) is 12.8 Å². The number of hydrogen-bond acceptors (Lipinski definition) is 3. The highest BCUT2D eigenvalue weighted by atomic mass is 35.5. The number of imidazole rings is 1. The molecule has 0 aliphatic carbocycles.